The summed E-state index contributed by atoms with van der Waals surface area (Å²) in [5, 5.41) is 0. The maximum absolute atomic E-state index is 4.43. The number of piperidine rings is 1. The molecule has 1 N–H and O–H groups in total. The van der Waals surface area contributed by atoms with E-state index in [2.05, 4.69) is 52.1 Å². The van der Waals surface area contributed by atoms with Gasteiger partial charge in [-0.1, -0.05) is 30.3 Å². The Kier molecular flexibility index (Phi) is 4.71. The van der Waals surface area contributed by atoms with Gasteiger partial charge in [-0.15, -0.1) is 0 Å². The van der Waals surface area contributed by atoms with Gasteiger partial charge in [-0.2, -0.15) is 0 Å². The van der Waals surface area contributed by atoms with Crippen molar-refractivity contribution in [2.75, 3.05) is 13.1 Å². The zero-order valence-electron chi connectivity index (χ0n) is 12.9. The Morgan fingerprint density at radius 2 is 2.14 bits per heavy atom. The number of aromatic nitrogens is 2. The van der Waals surface area contributed by atoms with Crippen molar-refractivity contribution in [2.45, 2.75) is 39.2 Å². The van der Waals surface area contributed by atoms with E-state index >= 15 is 0 Å². The first kappa shape index (κ1) is 14.3. The lowest BCUT2D eigenvalue weighted by Gasteiger charge is -2.32. The fraction of sp³-hybridized carbons (Fsp3) is 0.500. The summed E-state index contributed by atoms with van der Waals surface area (Å²) in [5.41, 5.74) is 3.89. The molecule has 1 unspecified atom stereocenters. The van der Waals surface area contributed by atoms with E-state index in [1.54, 1.807) is 0 Å². The van der Waals surface area contributed by atoms with Gasteiger partial charge in [-0.05, 0) is 50.6 Å². The van der Waals surface area contributed by atoms with Crippen LogP contribution in [0, 0.1) is 12.8 Å². The summed E-state index contributed by atoms with van der Waals surface area (Å²) in [6.45, 7) is 5.55. The second-order valence-corrected chi connectivity index (χ2v) is 6.24. The van der Waals surface area contributed by atoms with E-state index in [1.165, 1.54) is 55.7 Å². The highest BCUT2D eigenvalue weighted by molar-refractivity contribution is 5.14. The number of nitrogens with one attached hydrogen (secondary N) is 1. The van der Waals surface area contributed by atoms with E-state index in [0.717, 1.165) is 12.5 Å². The Balaban J connectivity index is 1.50. The van der Waals surface area contributed by atoms with E-state index in [0.29, 0.717) is 0 Å². The quantitative estimate of drug-likeness (QED) is 0.910. The second kappa shape index (κ2) is 6.90. The number of benzene rings is 1. The van der Waals surface area contributed by atoms with Crippen molar-refractivity contribution in [3.8, 4) is 0 Å². The number of H-pyrrole nitrogens is 1. The molecule has 0 amide bonds. The molecule has 1 aromatic carbocycles. The zero-order valence-corrected chi connectivity index (χ0v) is 12.9. The van der Waals surface area contributed by atoms with Gasteiger partial charge in [0.15, 0.2) is 0 Å². The van der Waals surface area contributed by atoms with Crippen molar-refractivity contribution >= 4 is 0 Å². The van der Waals surface area contributed by atoms with Crippen molar-refractivity contribution in [3.63, 3.8) is 0 Å². The summed E-state index contributed by atoms with van der Waals surface area (Å²) < 4.78 is 0. The molecule has 21 heavy (non-hydrogen) atoms. The highest BCUT2D eigenvalue weighted by Gasteiger charge is 2.20. The first-order valence-electron chi connectivity index (χ1n) is 8.06. The highest BCUT2D eigenvalue weighted by Crippen LogP contribution is 2.23. The summed E-state index contributed by atoms with van der Waals surface area (Å²) in [5.74, 6) is 0.832. The molecule has 1 saturated heterocycles. The molecule has 0 radical (unpaired) electrons. The number of nitrogens with zero attached hydrogens (tertiary/aromatic N) is 2. The molecule has 112 valence electrons. The van der Waals surface area contributed by atoms with Gasteiger partial charge >= 0.3 is 0 Å². The highest BCUT2D eigenvalue weighted by atomic mass is 15.1. The number of aromatic amines is 1. The van der Waals surface area contributed by atoms with Crippen LogP contribution < -0.4 is 0 Å². The Morgan fingerprint density at radius 3 is 2.90 bits per heavy atom. The van der Waals surface area contributed by atoms with Crippen LogP contribution in [0.1, 0.15) is 36.2 Å². The summed E-state index contributed by atoms with van der Waals surface area (Å²) in [7, 11) is 0. The largest absolute Gasteiger partial charge is 0.348 e. The molecule has 2 aromatic rings. The Hall–Kier alpha value is -1.61. The normalized spacial score (nSPS) is 19.8. The summed E-state index contributed by atoms with van der Waals surface area (Å²) in [6.07, 6.45) is 7.02. The van der Waals surface area contributed by atoms with Crippen LogP contribution in [0.5, 0.6) is 0 Å². The molecule has 1 aliphatic rings. The SMILES string of the molecule is Cc1[nH]cnc1CN1CCCC(CCc2ccccc2)C1. The number of likely N-dealkylation sites (tertiary alicyclic amines) is 1. The maximum atomic E-state index is 4.43. The van der Waals surface area contributed by atoms with Crippen LogP contribution in [-0.2, 0) is 13.0 Å². The first-order chi connectivity index (χ1) is 10.3. The first-order valence-corrected chi connectivity index (χ1v) is 8.06. The van der Waals surface area contributed by atoms with Crippen LogP contribution in [0.25, 0.3) is 0 Å². The van der Waals surface area contributed by atoms with Crippen LogP contribution in [0.4, 0.5) is 0 Å². The van der Waals surface area contributed by atoms with Gasteiger partial charge in [0.1, 0.15) is 0 Å². The summed E-state index contributed by atoms with van der Waals surface area (Å²) in [6, 6.07) is 10.9. The molecule has 0 spiro atoms. The smallest absolute Gasteiger partial charge is 0.0925 e. The minimum atomic E-state index is 0.832. The van der Waals surface area contributed by atoms with Crippen molar-refractivity contribution in [1.82, 2.24) is 14.9 Å². The minimum Gasteiger partial charge on any atom is -0.348 e. The van der Waals surface area contributed by atoms with Crippen molar-refractivity contribution in [1.29, 1.82) is 0 Å². The topological polar surface area (TPSA) is 31.9 Å². The van der Waals surface area contributed by atoms with Gasteiger partial charge in [0.05, 0.1) is 12.0 Å². The zero-order chi connectivity index (χ0) is 14.5. The maximum Gasteiger partial charge on any atom is 0.0925 e. The van der Waals surface area contributed by atoms with Gasteiger partial charge in [0.2, 0.25) is 0 Å². The third-order valence-electron chi connectivity index (χ3n) is 4.59. The number of imidazole rings is 1. The Labute approximate surface area is 127 Å². The molecule has 3 nitrogen and oxygen atoms in total. The molecule has 3 rings (SSSR count). The van der Waals surface area contributed by atoms with Gasteiger partial charge in [-0.3, -0.25) is 4.90 Å². The molecule has 2 heterocycles. The molecule has 1 aliphatic heterocycles. The van der Waals surface area contributed by atoms with Crippen LogP contribution in [0.3, 0.4) is 0 Å². The van der Waals surface area contributed by atoms with E-state index in [4.69, 9.17) is 0 Å². The van der Waals surface area contributed by atoms with Gasteiger partial charge in [-0.25, -0.2) is 4.98 Å². The minimum absolute atomic E-state index is 0.832. The van der Waals surface area contributed by atoms with E-state index in [-0.39, 0.29) is 0 Å². The Bertz CT molecular complexity index is 547. The standard InChI is InChI=1S/C18H25N3/c1-15-18(20-14-19-15)13-21-11-5-8-17(12-21)10-9-16-6-3-2-4-7-16/h2-4,6-7,14,17H,5,8-13H2,1H3,(H,19,20). The van der Waals surface area contributed by atoms with Gasteiger partial charge < -0.3 is 4.98 Å². The molecule has 0 aliphatic carbocycles. The average Bonchev–Trinajstić information content (AvgIpc) is 2.92. The summed E-state index contributed by atoms with van der Waals surface area (Å²) >= 11 is 0. The molecule has 3 heteroatoms. The van der Waals surface area contributed by atoms with E-state index in [1.807, 2.05) is 6.33 Å². The van der Waals surface area contributed by atoms with Crippen molar-refractivity contribution in [3.05, 3.63) is 53.6 Å². The predicted octanol–water partition coefficient (Wildman–Crippen LogP) is 3.56. The van der Waals surface area contributed by atoms with Crippen LogP contribution in [0.15, 0.2) is 36.7 Å². The van der Waals surface area contributed by atoms with Crippen LogP contribution in [0.2, 0.25) is 0 Å². The van der Waals surface area contributed by atoms with Crippen molar-refractivity contribution < 1.29 is 0 Å². The lowest BCUT2D eigenvalue weighted by Crippen LogP contribution is -2.35. The van der Waals surface area contributed by atoms with Crippen LogP contribution >= 0.6 is 0 Å². The predicted molar refractivity (Wildman–Crippen MR) is 86.1 cm³/mol. The van der Waals surface area contributed by atoms with Gasteiger partial charge in [0.25, 0.3) is 0 Å². The molecule has 1 fully saturated rings. The fourth-order valence-corrected chi connectivity index (χ4v) is 3.30. The third kappa shape index (κ3) is 3.94. The second-order valence-electron chi connectivity index (χ2n) is 6.24. The van der Waals surface area contributed by atoms with Crippen molar-refractivity contribution in [2.24, 2.45) is 5.92 Å². The summed E-state index contributed by atoms with van der Waals surface area (Å²) in [4.78, 5) is 10.2. The van der Waals surface area contributed by atoms with E-state index in [9.17, 15) is 0 Å². The van der Waals surface area contributed by atoms with Crippen LogP contribution in [-0.4, -0.2) is 28.0 Å². The average molecular weight is 283 g/mol. The molecule has 1 aromatic heterocycles. The fourth-order valence-electron chi connectivity index (χ4n) is 3.30. The molecule has 0 saturated carbocycles. The lowest BCUT2D eigenvalue weighted by molar-refractivity contribution is 0.160. The molecular formula is C18H25N3. The van der Waals surface area contributed by atoms with E-state index < -0.39 is 0 Å². The number of rotatable bonds is 5. The lowest BCUT2D eigenvalue weighted by atomic mass is 9.91. The molecule has 1 atom stereocenters. The number of hydrogen-bond donors (Lipinski definition) is 1. The number of hydrogen-bond acceptors (Lipinski definition) is 2. The number of aryl methyl sites for hydroxylation is 2. The van der Waals surface area contributed by atoms with Gasteiger partial charge in [0, 0.05) is 18.8 Å². The molecule has 0 bridgehead atoms. The third-order valence-corrected chi connectivity index (χ3v) is 4.59. The Morgan fingerprint density at radius 1 is 1.29 bits per heavy atom. The molecular weight excluding hydrogens is 258 g/mol. The monoisotopic (exact) mass is 283 g/mol.